The first-order valence-corrected chi connectivity index (χ1v) is 5.96. The molecule has 2 aromatic rings. The number of aromatic nitrogens is 1. The second kappa shape index (κ2) is 6.27. The van der Waals surface area contributed by atoms with Crippen LogP contribution in [0.4, 0.5) is 18.9 Å². The molecule has 1 heterocycles. The number of hydrogen-bond donors (Lipinski definition) is 1. The highest BCUT2D eigenvalue weighted by Gasteiger charge is 2.28. The van der Waals surface area contributed by atoms with Crippen molar-refractivity contribution in [1.82, 2.24) is 4.98 Å². The fourth-order valence-corrected chi connectivity index (χ4v) is 1.53. The maximum Gasteiger partial charge on any atom is 0.422 e. The van der Waals surface area contributed by atoms with Crippen molar-refractivity contribution >= 4 is 5.69 Å². The molecule has 0 aliphatic rings. The number of benzene rings is 1. The molecular formula is C14H13F3N2O. The van der Waals surface area contributed by atoms with Crippen LogP contribution in [0.25, 0.3) is 0 Å². The summed E-state index contributed by atoms with van der Waals surface area (Å²) in [6.07, 6.45) is -2.92. The number of alkyl halides is 3. The van der Waals surface area contributed by atoms with Crippen molar-refractivity contribution in [2.75, 3.05) is 11.9 Å². The van der Waals surface area contributed by atoms with Gasteiger partial charge in [0.1, 0.15) is 0 Å². The Morgan fingerprint density at radius 1 is 1.05 bits per heavy atom. The van der Waals surface area contributed by atoms with Crippen LogP contribution in [0.1, 0.15) is 5.56 Å². The third-order valence-corrected chi connectivity index (χ3v) is 2.46. The van der Waals surface area contributed by atoms with E-state index < -0.39 is 12.8 Å². The Hall–Kier alpha value is -2.24. The Morgan fingerprint density at radius 2 is 1.80 bits per heavy atom. The van der Waals surface area contributed by atoms with Crippen molar-refractivity contribution in [3.05, 3.63) is 54.2 Å². The van der Waals surface area contributed by atoms with Crippen molar-refractivity contribution < 1.29 is 17.9 Å². The van der Waals surface area contributed by atoms with Gasteiger partial charge in [-0.1, -0.05) is 30.3 Å². The van der Waals surface area contributed by atoms with E-state index in [0.717, 1.165) is 5.56 Å². The molecule has 0 atom stereocenters. The summed E-state index contributed by atoms with van der Waals surface area (Å²) in [6.45, 7) is -0.720. The van der Waals surface area contributed by atoms with Gasteiger partial charge in [0.2, 0.25) is 5.88 Å². The Bertz CT molecular complexity index is 526. The molecule has 0 spiro atoms. The topological polar surface area (TPSA) is 34.1 Å². The van der Waals surface area contributed by atoms with Gasteiger partial charge in [-0.3, -0.25) is 0 Å². The average Bonchev–Trinajstić information content (AvgIpc) is 2.44. The fourth-order valence-electron chi connectivity index (χ4n) is 1.53. The van der Waals surface area contributed by atoms with Gasteiger partial charge >= 0.3 is 6.18 Å². The second-order valence-corrected chi connectivity index (χ2v) is 4.13. The lowest BCUT2D eigenvalue weighted by atomic mass is 10.2. The van der Waals surface area contributed by atoms with E-state index >= 15 is 0 Å². The van der Waals surface area contributed by atoms with Gasteiger partial charge < -0.3 is 10.1 Å². The number of halogens is 3. The highest BCUT2D eigenvalue weighted by molar-refractivity contribution is 5.42. The van der Waals surface area contributed by atoms with E-state index in [4.69, 9.17) is 0 Å². The van der Waals surface area contributed by atoms with Crippen molar-refractivity contribution in [3.63, 3.8) is 0 Å². The van der Waals surface area contributed by atoms with Crippen molar-refractivity contribution in [3.8, 4) is 5.88 Å². The maximum atomic E-state index is 12.0. The van der Waals surface area contributed by atoms with E-state index in [1.54, 1.807) is 6.07 Å². The highest BCUT2D eigenvalue weighted by Crippen LogP contribution is 2.18. The molecule has 6 heteroatoms. The Morgan fingerprint density at radius 3 is 2.40 bits per heavy atom. The second-order valence-electron chi connectivity index (χ2n) is 4.13. The van der Waals surface area contributed by atoms with Gasteiger partial charge in [-0.2, -0.15) is 13.2 Å². The lowest BCUT2D eigenvalue weighted by Gasteiger charge is -2.09. The van der Waals surface area contributed by atoms with E-state index in [2.05, 4.69) is 15.0 Å². The Kier molecular flexibility index (Phi) is 4.45. The number of nitrogens with one attached hydrogen (secondary N) is 1. The summed E-state index contributed by atoms with van der Waals surface area (Å²) in [4.78, 5) is 3.81. The standard InChI is InChI=1S/C14H13F3N2O/c15-14(16,17)10-20-13-7-6-12(9-19-13)18-8-11-4-2-1-3-5-11/h1-7,9,18H,8,10H2. The highest BCUT2D eigenvalue weighted by atomic mass is 19.4. The van der Waals surface area contributed by atoms with Crippen LogP contribution in [0.15, 0.2) is 48.7 Å². The molecule has 0 amide bonds. The van der Waals surface area contributed by atoms with E-state index in [1.165, 1.54) is 12.3 Å². The number of pyridine rings is 1. The number of nitrogens with zero attached hydrogens (tertiary/aromatic N) is 1. The van der Waals surface area contributed by atoms with Crippen LogP contribution in [0, 0.1) is 0 Å². The van der Waals surface area contributed by atoms with Gasteiger partial charge in [0.15, 0.2) is 6.61 Å². The van der Waals surface area contributed by atoms with Crippen LogP contribution in [0.2, 0.25) is 0 Å². The normalized spacial score (nSPS) is 11.2. The molecule has 0 radical (unpaired) electrons. The Balaban J connectivity index is 1.85. The molecule has 1 aromatic heterocycles. The first-order chi connectivity index (χ1) is 9.53. The number of hydrogen-bond acceptors (Lipinski definition) is 3. The number of anilines is 1. The summed E-state index contributed by atoms with van der Waals surface area (Å²) in [7, 11) is 0. The summed E-state index contributed by atoms with van der Waals surface area (Å²) in [6, 6.07) is 12.8. The average molecular weight is 282 g/mol. The van der Waals surface area contributed by atoms with Gasteiger partial charge in [-0.15, -0.1) is 0 Å². The summed E-state index contributed by atoms with van der Waals surface area (Å²) in [5.41, 5.74) is 1.82. The lowest BCUT2D eigenvalue weighted by molar-refractivity contribution is -0.154. The summed E-state index contributed by atoms with van der Waals surface area (Å²) < 4.78 is 40.4. The van der Waals surface area contributed by atoms with Crippen molar-refractivity contribution in [2.45, 2.75) is 12.7 Å². The van der Waals surface area contributed by atoms with E-state index in [-0.39, 0.29) is 5.88 Å². The largest absolute Gasteiger partial charge is 0.468 e. The minimum atomic E-state index is -4.36. The van der Waals surface area contributed by atoms with Crippen LogP contribution >= 0.6 is 0 Å². The smallest absolute Gasteiger partial charge is 0.422 e. The van der Waals surface area contributed by atoms with Crippen molar-refractivity contribution in [1.29, 1.82) is 0 Å². The minimum absolute atomic E-state index is 0.0485. The molecule has 0 bridgehead atoms. The molecule has 0 fully saturated rings. The van der Waals surface area contributed by atoms with Crippen LogP contribution in [0.5, 0.6) is 5.88 Å². The molecule has 0 aliphatic carbocycles. The van der Waals surface area contributed by atoms with Gasteiger partial charge in [-0.25, -0.2) is 4.98 Å². The third kappa shape index (κ3) is 4.79. The monoisotopic (exact) mass is 282 g/mol. The predicted molar refractivity (Wildman–Crippen MR) is 69.6 cm³/mol. The zero-order chi connectivity index (χ0) is 14.4. The molecule has 0 saturated heterocycles. The third-order valence-electron chi connectivity index (χ3n) is 2.46. The molecule has 2 rings (SSSR count). The summed E-state index contributed by atoms with van der Waals surface area (Å²) in [5.74, 6) is -0.0485. The van der Waals surface area contributed by atoms with Crippen LogP contribution < -0.4 is 10.1 Å². The molecular weight excluding hydrogens is 269 g/mol. The maximum absolute atomic E-state index is 12.0. The van der Waals surface area contributed by atoms with Gasteiger partial charge in [0, 0.05) is 12.6 Å². The zero-order valence-electron chi connectivity index (χ0n) is 10.5. The van der Waals surface area contributed by atoms with Gasteiger partial charge in [0.25, 0.3) is 0 Å². The summed E-state index contributed by atoms with van der Waals surface area (Å²) in [5, 5.41) is 3.12. The van der Waals surface area contributed by atoms with E-state index in [9.17, 15) is 13.2 Å². The van der Waals surface area contributed by atoms with Gasteiger partial charge in [0.05, 0.1) is 11.9 Å². The van der Waals surface area contributed by atoms with Gasteiger partial charge in [-0.05, 0) is 11.6 Å². The molecule has 3 nitrogen and oxygen atoms in total. The molecule has 0 aliphatic heterocycles. The SMILES string of the molecule is FC(F)(F)COc1ccc(NCc2ccccc2)cn1. The zero-order valence-corrected chi connectivity index (χ0v) is 10.5. The molecule has 20 heavy (non-hydrogen) atoms. The van der Waals surface area contributed by atoms with E-state index in [1.807, 2.05) is 30.3 Å². The molecule has 0 unspecified atom stereocenters. The van der Waals surface area contributed by atoms with Crippen LogP contribution in [-0.2, 0) is 6.54 Å². The number of rotatable bonds is 5. The van der Waals surface area contributed by atoms with Crippen LogP contribution in [0.3, 0.4) is 0 Å². The fraction of sp³-hybridized carbons (Fsp3) is 0.214. The van der Waals surface area contributed by atoms with E-state index in [0.29, 0.717) is 12.2 Å². The molecule has 106 valence electrons. The lowest BCUT2D eigenvalue weighted by Crippen LogP contribution is -2.19. The predicted octanol–water partition coefficient (Wildman–Crippen LogP) is 3.63. The van der Waals surface area contributed by atoms with Crippen LogP contribution in [-0.4, -0.2) is 17.8 Å². The quantitative estimate of drug-likeness (QED) is 0.909. The number of ether oxygens (including phenoxy) is 1. The first kappa shape index (κ1) is 14.2. The summed E-state index contributed by atoms with van der Waals surface area (Å²) >= 11 is 0. The Labute approximate surface area is 114 Å². The molecule has 1 N–H and O–H groups in total. The minimum Gasteiger partial charge on any atom is -0.468 e. The molecule has 0 saturated carbocycles. The van der Waals surface area contributed by atoms with Crippen molar-refractivity contribution in [2.24, 2.45) is 0 Å². The first-order valence-electron chi connectivity index (χ1n) is 5.96. The molecule has 1 aromatic carbocycles.